The molecule has 0 saturated carbocycles. The maximum Gasteiger partial charge on any atom is -0.0305 e. The lowest BCUT2D eigenvalue weighted by molar-refractivity contribution is 1.50. The van der Waals surface area contributed by atoms with Gasteiger partial charge in [0, 0.05) is 0 Å². The van der Waals surface area contributed by atoms with E-state index in [0.717, 1.165) is 5.57 Å². The lowest BCUT2D eigenvalue weighted by Gasteiger charge is -1.85. The molecule has 0 fully saturated rings. The van der Waals surface area contributed by atoms with Crippen LogP contribution < -0.4 is 0 Å². The van der Waals surface area contributed by atoms with Crippen molar-refractivity contribution in [1.82, 2.24) is 0 Å². The summed E-state index contributed by atoms with van der Waals surface area (Å²) in [5, 5.41) is 0. The largest absolute Gasteiger partial charge is 0.0985 e. The van der Waals surface area contributed by atoms with E-state index in [-0.39, 0.29) is 0 Å². The van der Waals surface area contributed by atoms with Crippen molar-refractivity contribution < 1.29 is 0 Å². The maximum absolute atomic E-state index is 3.67. The predicted octanol–water partition coefficient (Wildman–Crippen LogP) is 4.28. The van der Waals surface area contributed by atoms with E-state index in [4.69, 9.17) is 0 Å². The summed E-state index contributed by atoms with van der Waals surface area (Å²) in [6.45, 7) is 11.7. The molecule has 68 valence electrons. The molecule has 0 bridgehead atoms. The normalized spacial score (nSPS) is 11.5. The zero-order valence-corrected chi connectivity index (χ0v) is 8.67. The Kier molecular flexibility index (Phi) is 14.2. The van der Waals surface area contributed by atoms with Gasteiger partial charge in [-0.1, -0.05) is 56.9 Å². The smallest absolute Gasteiger partial charge is 0.0305 e. The predicted molar refractivity (Wildman–Crippen MR) is 59.3 cm³/mol. The first-order valence-electron chi connectivity index (χ1n) is 4.43. The summed E-state index contributed by atoms with van der Waals surface area (Å²) < 4.78 is 0. The minimum absolute atomic E-state index is 1.15. The summed E-state index contributed by atoms with van der Waals surface area (Å²) in [5.41, 5.74) is 1.15. The zero-order chi connectivity index (χ0) is 9.82. The molecule has 0 saturated heterocycles. The van der Waals surface area contributed by atoms with E-state index in [9.17, 15) is 0 Å². The van der Waals surface area contributed by atoms with E-state index in [2.05, 4.69) is 6.58 Å². The number of rotatable bonds is 3. The first-order valence-corrected chi connectivity index (χ1v) is 4.43. The van der Waals surface area contributed by atoms with E-state index < -0.39 is 0 Å². The second kappa shape index (κ2) is 12.6. The fourth-order valence-corrected chi connectivity index (χ4v) is 0.560. The Balaban J connectivity index is 0. The van der Waals surface area contributed by atoms with Crippen LogP contribution in [0.2, 0.25) is 0 Å². The molecule has 0 rings (SSSR count). The van der Waals surface area contributed by atoms with Crippen molar-refractivity contribution in [3.05, 3.63) is 48.6 Å². The minimum atomic E-state index is 1.15. The van der Waals surface area contributed by atoms with Gasteiger partial charge in [0.1, 0.15) is 0 Å². The Hall–Kier alpha value is -1.04. The van der Waals surface area contributed by atoms with E-state index >= 15 is 0 Å². The molecule has 0 aliphatic heterocycles. The SMILES string of the molecule is C=CC(/C=C\C=C/C)=C/C.CC. The molecule has 0 heteroatoms. The van der Waals surface area contributed by atoms with Gasteiger partial charge in [-0.2, -0.15) is 0 Å². The van der Waals surface area contributed by atoms with Crippen molar-refractivity contribution >= 4 is 0 Å². The Bertz CT molecular complexity index is 168. The van der Waals surface area contributed by atoms with E-state index in [1.165, 1.54) is 0 Å². The lowest BCUT2D eigenvalue weighted by atomic mass is 10.2. The molecule has 0 nitrogen and oxygen atoms in total. The van der Waals surface area contributed by atoms with Crippen LogP contribution in [0.15, 0.2) is 48.6 Å². The third-order valence-electron chi connectivity index (χ3n) is 1.16. The van der Waals surface area contributed by atoms with Gasteiger partial charge in [-0.3, -0.25) is 0 Å². The van der Waals surface area contributed by atoms with Gasteiger partial charge in [-0.15, -0.1) is 0 Å². The topological polar surface area (TPSA) is 0 Å². The summed E-state index contributed by atoms with van der Waals surface area (Å²) in [6, 6.07) is 0. The molecule has 0 aliphatic rings. The summed E-state index contributed by atoms with van der Waals surface area (Å²) >= 11 is 0. The molecule has 0 aliphatic carbocycles. The highest BCUT2D eigenvalue weighted by molar-refractivity contribution is 5.30. The Labute approximate surface area is 77.0 Å². The van der Waals surface area contributed by atoms with Crippen molar-refractivity contribution in [2.75, 3.05) is 0 Å². The van der Waals surface area contributed by atoms with Crippen LogP contribution in [0.3, 0.4) is 0 Å². The molecule has 0 N–H and O–H groups in total. The van der Waals surface area contributed by atoms with Crippen LogP contribution in [0.1, 0.15) is 27.7 Å². The number of allylic oxidation sites excluding steroid dienone is 7. The summed E-state index contributed by atoms with van der Waals surface area (Å²) in [6.07, 6.45) is 11.9. The van der Waals surface area contributed by atoms with E-state index in [1.54, 1.807) is 0 Å². The zero-order valence-electron chi connectivity index (χ0n) is 8.67. The van der Waals surface area contributed by atoms with Gasteiger partial charge in [-0.05, 0) is 19.4 Å². The second-order valence-electron chi connectivity index (χ2n) is 1.88. The third-order valence-corrected chi connectivity index (χ3v) is 1.16. The number of hydrogen-bond acceptors (Lipinski definition) is 0. The highest BCUT2D eigenvalue weighted by atomic mass is 13.8. The molecule has 12 heavy (non-hydrogen) atoms. The average Bonchev–Trinajstić information content (AvgIpc) is 2.16. The van der Waals surface area contributed by atoms with Crippen LogP contribution in [0.5, 0.6) is 0 Å². The summed E-state index contributed by atoms with van der Waals surface area (Å²) in [5.74, 6) is 0. The maximum atomic E-state index is 3.67. The Morgan fingerprint density at radius 1 is 1.08 bits per heavy atom. The molecule has 0 radical (unpaired) electrons. The molecule has 0 aromatic carbocycles. The van der Waals surface area contributed by atoms with Crippen molar-refractivity contribution in [1.29, 1.82) is 0 Å². The van der Waals surface area contributed by atoms with Crippen LogP contribution >= 0.6 is 0 Å². The molecule has 0 aromatic heterocycles. The monoisotopic (exact) mass is 164 g/mol. The van der Waals surface area contributed by atoms with Crippen molar-refractivity contribution in [2.45, 2.75) is 27.7 Å². The van der Waals surface area contributed by atoms with Gasteiger partial charge < -0.3 is 0 Å². The van der Waals surface area contributed by atoms with E-state index in [1.807, 2.05) is 64.2 Å². The van der Waals surface area contributed by atoms with Crippen LogP contribution in [0, 0.1) is 0 Å². The fraction of sp³-hybridized carbons (Fsp3) is 0.333. The molecule has 0 aromatic rings. The van der Waals surface area contributed by atoms with Crippen LogP contribution in [0.4, 0.5) is 0 Å². The molecular formula is C12H20. The van der Waals surface area contributed by atoms with Crippen LogP contribution in [-0.2, 0) is 0 Å². The van der Waals surface area contributed by atoms with Crippen molar-refractivity contribution in [2.24, 2.45) is 0 Å². The van der Waals surface area contributed by atoms with Crippen molar-refractivity contribution in [3.8, 4) is 0 Å². The first-order chi connectivity index (χ1) is 5.85. The fourth-order valence-electron chi connectivity index (χ4n) is 0.560. The summed E-state index contributed by atoms with van der Waals surface area (Å²) in [7, 11) is 0. The van der Waals surface area contributed by atoms with Gasteiger partial charge in [0.2, 0.25) is 0 Å². The number of hydrogen-bond donors (Lipinski definition) is 0. The van der Waals surface area contributed by atoms with Crippen LogP contribution in [0.25, 0.3) is 0 Å². The molecule has 0 spiro atoms. The Morgan fingerprint density at radius 2 is 1.67 bits per heavy atom. The molecule has 0 atom stereocenters. The molecule has 0 unspecified atom stereocenters. The molecular weight excluding hydrogens is 144 g/mol. The molecule has 0 heterocycles. The second-order valence-corrected chi connectivity index (χ2v) is 1.88. The Morgan fingerprint density at radius 3 is 2.00 bits per heavy atom. The van der Waals surface area contributed by atoms with Gasteiger partial charge in [0.15, 0.2) is 0 Å². The molecule has 0 amide bonds. The minimum Gasteiger partial charge on any atom is -0.0985 e. The van der Waals surface area contributed by atoms with Crippen molar-refractivity contribution in [3.63, 3.8) is 0 Å². The van der Waals surface area contributed by atoms with Gasteiger partial charge in [0.25, 0.3) is 0 Å². The standard InChI is InChI=1S/C10H14.C2H6/c1-4-7-8-9-10(5-2)6-3;1-2/h4-9H,2H2,1,3H3;1-2H3/b7-4-,9-8-,10-6-;. The van der Waals surface area contributed by atoms with Gasteiger partial charge >= 0.3 is 0 Å². The van der Waals surface area contributed by atoms with Gasteiger partial charge in [0.05, 0.1) is 0 Å². The first kappa shape index (κ1) is 13.5. The van der Waals surface area contributed by atoms with Crippen LogP contribution in [-0.4, -0.2) is 0 Å². The highest BCUT2D eigenvalue weighted by Crippen LogP contribution is 1.96. The summed E-state index contributed by atoms with van der Waals surface area (Å²) in [4.78, 5) is 0. The van der Waals surface area contributed by atoms with E-state index in [0.29, 0.717) is 0 Å². The quantitative estimate of drug-likeness (QED) is 0.546. The van der Waals surface area contributed by atoms with Gasteiger partial charge in [-0.25, -0.2) is 0 Å². The average molecular weight is 164 g/mol. The highest BCUT2D eigenvalue weighted by Gasteiger charge is 1.75. The third kappa shape index (κ3) is 8.96. The lowest BCUT2D eigenvalue weighted by Crippen LogP contribution is -1.65.